The van der Waals surface area contributed by atoms with Crippen LogP contribution in [0, 0.1) is 11.3 Å². The number of hydrogen-bond acceptors (Lipinski definition) is 3. The molecule has 0 amide bonds. The molecule has 3 nitrogen and oxygen atoms in total. The first-order valence-electron chi connectivity index (χ1n) is 8.57. The van der Waals surface area contributed by atoms with Gasteiger partial charge in [0, 0.05) is 38.3 Å². The molecular formula is C17H35N3. The van der Waals surface area contributed by atoms with E-state index in [2.05, 4.69) is 50.0 Å². The third-order valence-electron chi connectivity index (χ3n) is 6.21. The van der Waals surface area contributed by atoms with Crippen LogP contribution in [0.5, 0.6) is 0 Å². The SMILES string of the molecule is CCC(C)(C)C1CCC(NC)C(N2CCN(C)CC2)C1. The summed E-state index contributed by atoms with van der Waals surface area (Å²) < 4.78 is 0. The van der Waals surface area contributed by atoms with E-state index in [1.165, 1.54) is 51.9 Å². The molecule has 1 saturated heterocycles. The van der Waals surface area contributed by atoms with Crippen molar-refractivity contribution in [3.05, 3.63) is 0 Å². The maximum atomic E-state index is 3.60. The first kappa shape index (κ1) is 16.3. The number of likely N-dealkylation sites (N-methyl/N-ethyl adjacent to an activating group) is 2. The van der Waals surface area contributed by atoms with Crippen LogP contribution in [-0.4, -0.2) is 62.2 Å². The molecule has 0 spiro atoms. The maximum absolute atomic E-state index is 3.60. The highest BCUT2D eigenvalue weighted by Gasteiger charge is 2.39. The Morgan fingerprint density at radius 2 is 1.75 bits per heavy atom. The molecule has 1 heterocycles. The van der Waals surface area contributed by atoms with E-state index >= 15 is 0 Å². The van der Waals surface area contributed by atoms with Gasteiger partial charge >= 0.3 is 0 Å². The lowest BCUT2D eigenvalue weighted by Crippen LogP contribution is -2.58. The lowest BCUT2D eigenvalue weighted by molar-refractivity contribution is 0.0282. The Kier molecular flexibility index (Phi) is 5.49. The zero-order chi connectivity index (χ0) is 14.8. The summed E-state index contributed by atoms with van der Waals surface area (Å²) in [5.41, 5.74) is 0.504. The second-order valence-electron chi connectivity index (χ2n) is 7.65. The van der Waals surface area contributed by atoms with E-state index in [0.717, 1.165) is 12.0 Å². The van der Waals surface area contributed by atoms with Crippen molar-refractivity contribution in [3.8, 4) is 0 Å². The van der Waals surface area contributed by atoms with Gasteiger partial charge in [-0.3, -0.25) is 4.90 Å². The molecule has 0 aromatic carbocycles. The Morgan fingerprint density at radius 1 is 1.10 bits per heavy atom. The van der Waals surface area contributed by atoms with Crippen molar-refractivity contribution in [3.63, 3.8) is 0 Å². The smallest absolute Gasteiger partial charge is 0.0253 e. The Labute approximate surface area is 126 Å². The van der Waals surface area contributed by atoms with Crippen molar-refractivity contribution in [1.29, 1.82) is 0 Å². The van der Waals surface area contributed by atoms with E-state index in [0.29, 0.717) is 11.5 Å². The van der Waals surface area contributed by atoms with Crippen molar-refractivity contribution < 1.29 is 0 Å². The van der Waals surface area contributed by atoms with Crippen LogP contribution in [0.15, 0.2) is 0 Å². The number of rotatable bonds is 4. The second kappa shape index (κ2) is 6.76. The third kappa shape index (κ3) is 3.55. The Balaban J connectivity index is 2.03. The summed E-state index contributed by atoms with van der Waals surface area (Å²) >= 11 is 0. The molecule has 0 bridgehead atoms. The number of nitrogens with zero attached hydrogens (tertiary/aromatic N) is 2. The lowest BCUT2D eigenvalue weighted by Gasteiger charge is -2.48. The Hall–Kier alpha value is -0.120. The standard InChI is InChI=1S/C17H35N3/c1-6-17(2,3)14-7-8-15(18-4)16(13-14)20-11-9-19(5)10-12-20/h14-16,18H,6-13H2,1-5H3. The topological polar surface area (TPSA) is 18.5 Å². The fourth-order valence-corrected chi connectivity index (χ4v) is 4.04. The minimum absolute atomic E-state index is 0.504. The zero-order valence-electron chi connectivity index (χ0n) is 14.3. The van der Waals surface area contributed by atoms with Gasteiger partial charge in [0.15, 0.2) is 0 Å². The molecule has 1 N–H and O–H groups in total. The molecule has 3 heteroatoms. The van der Waals surface area contributed by atoms with E-state index < -0.39 is 0 Å². The number of nitrogens with one attached hydrogen (secondary N) is 1. The monoisotopic (exact) mass is 281 g/mol. The van der Waals surface area contributed by atoms with Crippen molar-refractivity contribution in [1.82, 2.24) is 15.1 Å². The van der Waals surface area contributed by atoms with Gasteiger partial charge in [-0.2, -0.15) is 0 Å². The number of piperazine rings is 1. The fourth-order valence-electron chi connectivity index (χ4n) is 4.04. The summed E-state index contributed by atoms with van der Waals surface area (Å²) in [6.45, 7) is 12.3. The zero-order valence-corrected chi connectivity index (χ0v) is 14.3. The fraction of sp³-hybridized carbons (Fsp3) is 1.00. The van der Waals surface area contributed by atoms with Gasteiger partial charge < -0.3 is 10.2 Å². The summed E-state index contributed by atoms with van der Waals surface area (Å²) in [5.74, 6) is 0.891. The van der Waals surface area contributed by atoms with Crippen LogP contribution < -0.4 is 5.32 Å². The van der Waals surface area contributed by atoms with E-state index in [9.17, 15) is 0 Å². The minimum Gasteiger partial charge on any atom is -0.315 e. The Bertz CT molecular complexity index is 295. The molecule has 20 heavy (non-hydrogen) atoms. The largest absolute Gasteiger partial charge is 0.315 e. The van der Waals surface area contributed by atoms with E-state index in [1.54, 1.807) is 0 Å². The highest BCUT2D eigenvalue weighted by Crippen LogP contribution is 2.41. The van der Waals surface area contributed by atoms with Crippen LogP contribution in [0.4, 0.5) is 0 Å². The first-order chi connectivity index (χ1) is 9.47. The number of hydrogen-bond donors (Lipinski definition) is 1. The molecule has 2 rings (SSSR count). The predicted molar refractivity (Wildman–Crippen MR) is 87.1 cm³/mol. The maximum Gasteiger partial charge on any atom is 0.0253 e. The molecule has 1 aliphatic carbocycles. The lowest BCUT2D eigenvalue weighted by atomic mass is 9.67. The van der Waals surface area contributed by atoms with Gasteiger partial charge in [-0.05, 0) is 44.7 Å². The van der Waals surface area contributed by atoms with Crippen molar-refractivity contribution >= 4 is 0 Å². The van der Waals surface area contributed by atoms with Crippen LogP contribution in [0.25, 0.3) is 0 Å². The molecule has 2 fully saturated rings. The normalized spacial score (nSPS) is 34.4. The summed E-state index contributed by atoms with van der Waals surface area (Å²) in [4.78, 5) is 5.22. The summed E-state index contributed by atoms with van der Waals surface area (Å²) in [5, 5.41) is 3.60. The van der Waals surface area contributed by atoms with Crippen LogP contribution in [0.1, 0.15) is 46.5 Å². The molecule has 3 unspecified atom stereocenters. The van der Waals surface area contributed by atoms with Crippen molar-refractivity contribution in [2.75, 3.05) is 40.3 Å². The van der Waals surface area contributed by atoms with Gasteiger partial charge in [0.1, 0.15) is 0 Å². The van der Waals surface area contributed by atoms with Gasteiger partial charge in [-0.25, -0.2) is 0 Å². The molecule has 3 atom stereocenters. The second-order valence-corrected chi connectivity index (χ2v) is 7.65. The van der Waals surface area contributed by atoms with Crippen LogP contribution in [0.2, 0.25) is 0 Å². The van der Waals surface area contributed by atoms with Gasteiger partial charge in [-0.15, -0.1) is 0 Å². The summed E-state index contributed by atoms with van der Waals surface area (Å²) in [7, 11) is 4.40. The van der Waals surface area contributed by atoms with Gasteiger partial charge in [-0.1, -0.05) is 27.2 Å². The first-order valence-corrected chi connectivity index (χ1v) is 8.57. The van der Waals surface area contributed by atoms with Crippen LogP contribution in [0.3, 0.4) is 0 Å². The van der Waals surface area contributed by atoms with E-state index in [1.807, 2.05) is 0 Å². The molecule has 1 saturated carbocycles. The van der Waals surface area contributed by atoms with Crippen molar-refractivity contribution in [2.24, 2.45) is 11.3 Å². The van der Waals surface area contributed by atoms with E-state index in [4.69, 9.17) is 0 Å². The molecule has 118 valence electrons. The quantitative estimate of drug-likeness (QED) is 0.854. The average molecular weight is 281 g/mol. The molecule has 0 radical (unpaired) electrons. The van der Waals surface area contributed by atoms with Crippen LogP contribution >= 0.6 is 0 Å². The van der Waals surface area contributed by atoms with Gasteiger partial charge in [0.2, 0.25) is 0 Å². The Morgan fingerprint density at radius 3 is 2.30 bits per heavy atom. The molecular weight excluding hydrogens is 246 g/mol. The van der Waals surface area contributed by atoms with Gasteiger partial charge in [0.25, 0.3) is 0 Å². The minimum atomic E-state index is 0.504. The third-order valence-corrected chi connectivity index (χ3v) is 6.21. The molecule has 0 aromatic heterocycles. The molecule has 1 aliphatic heterocycles. The molecule has 2 aliphatic rings. The van der Waals surface area contributed by atoms with Crippen LogP contribution in [-0.2, 0) is 0 Å². The summed E-state index contributed by atoms with van der Waals surface area (Å²) in [6.07, 6.45) is 5.44. The predicted octanol–water partition coefficient (Wildman–Crippen LogP) is 2.43. The van der Waals surface area contributed by atoms with Gasteiger partial charge in [0.05, 0.1) is 0 Å². The highest BCUT2D eigenvalue weighted by molar-refractivity contribution is 4.95. The van der Waals surface area contributed by atoms with E-state index in [-0.39, 0.29) is 0 Å². The average Bonchev–Trinajstić information content (AvgIpc) is 2.47. The molecule has 0 aromatic rings. The summed E-state index contributed by atoms with van der Waals surface area (Å²) in [6, 6.07) is 1.44. The highest BCUT2D eigenvalue weighted by atomic mass is 15.3. The van der Waals surface area contributed by atoms with Crippen molar-refractivity contribution in [2.45, 2.75) is 58.5 Å².